The second-order valence-electron chi connectivity index (χ2n) is 4.61. The molecule has 1 atom stereocenters. The number of rotatable bonds is 3. The minimum absolute atomic E-state index is 0.103. The Hall–Kier alpha value is -2.57. The van der Waals surface area contributed by atoms with Crippen LogP contribution in [-0.2, 0) is 4.89 Å². The molecule has 0 amide bonds. The summed E-state index contributed by atoms with van der Waals surface area (Å²) in [6.07, 6.45) is -0.773. The molecule has 0 aromatic heterocycles. The van der Waals surface area contributed by atoms with Crippen LogP contribution in [0.4, 0.5) is 11.4 Å². The Balaban J connectivity index is 2.25. The Morgan fingerprint density at radius 3 is 2.43 bits per heavy atom. The van der Waals surface area contributed by atoms with E-state index < -0.39 is 12.1 Å². The molecule has 0 saturated carbocycles. The molecule has 2 aromatic carbocycles. The van der Waals surface area contributed by atoms with Crippen LogP contribution in [-0.4, -0.2) is 23.4 Å². The first-order valence-electron chi connectivity index (χ1n) is 6.27. The number of ether oxygens (including phenoxy) is 1. The predicted octanol–water partition coefficient (Wildman–Crippen LogP) is 3.03. The lowest BCUT2D eigenvalue weighted by molar-refractivity contribution is -0.270. The van der Waals surface area contributed by atoms with Gasteiger partial charge < -0.3 is 15.2 Å². The molecule has 2 aromatic rings. The van der Waals surface area contributed by atoms with E-state index in [1.165, 1.54) is 13.2 Å². The summed E-state index contributed by atoms with van der Waals surface area (Å²) >= 11 is 0. The molecule has 0 bridgehead atoms. The number of carboxylic acid groups (broad SMARTS) is 1. The fourth-order valence-corrected chi connectivity index (χ4v) is 2.58. The van der Waals surface area contributed by atoms with E-state index in [1.807, 2.05) is 0 Å². The molecule has 1 unspecified atom stereocenters. The number of hydrogen-bond acceptors (Lipinski definition) is 5. The molecule has 1 heterocycles. The maximum atomic E-state index is 11.4. The molecule has 108 valence electrons. The number of benzene rings is 2. The zero-order chi connectivity index (χ0) is 15.0. The second-order valence-corrected chi connectivity index (χ2v) is 4.61. The van der Waals surface area contributed by atoms with E-state index >= 15 is 0 Å². The van der Waals surface area contributed by atoms with E-state index in [1.54, 1.807) is 30.3 Å². The number of hydrogen-bond donors (Lipinski definition) is 3. The van der Waals surface area contributed by atoms with Crippen molar-refractivity contribution in [3.05, 3.63) is 53.1 Å². The first-order chi connectivity index (χ1) is 10.2. The van der Waals surface area contributed by atoms with Gasteiger partial charge in [-0.1, -0.05) is 24.3 Å². The molecule has 21 heavy (non-hydrogen) atoms. The summed E-state index contributed by atoms with van der Waals surface area (Å²) in [5.41, 5.74) is 2.30. The van der Waals surface area contributed by atoms with Gasteiger partial charge in [-0.3, -0.25) is 5.26 Å². The van der Waals surface area contributed by atoms with Gasteiger partial charge >= 0.3 is 5.97 Å². The van der Waals surface area contributed by atoms with Crippen molar-refractivity contribution in [2.75, 3.05) is 12.4 Å². The first-order valence-corrected chi connectivity index (χ1v) is 6.27. The highest BCUT2D eigenvalue weighted by Crippen LogP contribution is 2.46. The average molecular weight is 287 g/mol. The molecule has 0 spiro atoms. The lowest BCUT2D eigenvalue weighted by Crippen LogP contribution is -2.18. The van der Waals surface area contributed by atoms with Crippen molar-refractivity contribution in [2.45, 2.75) is 6.10 Å². The van der Waals surface area contributed by atoms with E-state index in [0.29, 0.717) is 28.3 Å². The third kappa shape index (κ3) is 2.01. The number of para-hydroxylation sites is 2. The fraction of sp³-hybridized carbons (Fsp3) is 0.133. The van der Waals surface area contributed by atoms with E-state index in [-0.39, 0.29) is 5.56 Å². The number of anilines is 2. The number of methoxy groups -OCH3 is 1. The molecular weight excluding hydrogens is 274 g/mol. The Morgan fingerprint density at radius 1 is 1.14 bits per heavy atom. The number of fused-ring (bicyclic) bond motifs is 2. The molecule has 1 aliphatic rings. The molecule has 3 rings (SSSR count). The van der Waals surface area contributed by atoms with Crippen LogP contribution in [0, 0.1) is 0 Å². The molecule has 6 heteroatoms. The number of carboxylic acids is 1. The van der Waals surface area contributed by atoms with E-state index in [9.17, 15) is 15.2 Å². The Labute approximate surface area is 120 Å². The Morgan fingerprint density at radius 2 is 1.81 bits per heavy atom. The van der Waals surface area contributed by atoms with Gasteiger partial charge in [-0.05, 0) is 12.1 Å². The lowest BCUT2D eigenvalue weighted by atomic mass is 9.91. The maximum absolute atomic E-state index is 11.4. The molecule has 6 nitrogen and oxygen atoms in total. The van der Waals surface area contributed by atoms with Crippen molar-refractivity contribution >= 4 is 17.3 Å². The van der Waals surface area contributed by atoms with Crippen LogP contribution in [0.1, 0.15) is 27.6 Å². The summed E-state index contributed by atoms with van der Waals surface area (Å²) < 4.78 is 5.27. The highest BCUT2D eigenvalue weighted by atomic mass is 17.1. The van der Waals surface area contributed by atoms with Crippen molar-refractivity contribution in [2.24, 2.45) is 0 Å². The number of carbonyl (C=O) groups is 1. The van der Waals surface area contributed by atoms with Crippen LogP contribution in [0.3, 0.4) is 0 Å². The third-order valence-electron chi connectivity index (χ3n) is 3.53. The van der Waals surface area contributed by atoms with Crippen LogP contribution >= 0.6 is 0 Å². The van der Waals surface area contributed by atoms with Gasteiger partial charge in [0.15, 0.2) is 0 Å². The van der Waals surface area contributed by atoms with Crippen LogP contribution in [0.15, 0.2) is 36.4 Å². The summed E-state index contributed by atoms with van der Waals surface area (Å²) in [6, 6.07) is 10.1. The lowest BCUT2D eigenvalue weighted by Gasteiger charge is -2.29. The predicted molar refractivity (Wildman–Crippen MR) is 75.2 cm³/mol. The Kier molecular flexibility index (Phi) is 3.25. The van der Waals surface area contributed by atoms with E-state index in [4.69, 9.17) is 4.74 Å². The van der Waals surface area contributed by atoms with Crippen LogP contribution in [0.5, 0.6) is 5.75 Å². The standard InChI is InChI=1S/C15H13NO5/c1-20-11-7-3-5-9-13(11)16-12-8(14(9)21-19)4-2-6-10(12)15(17)18/h2-7,14,16,19H,1H3,(H,17,18). The highest BCUT2D eigenvalue weighted by Gasteiger charge is 2.31. The normalized spacial score (nSPS) is 15.6. The van der Waals surface area contributed by atoms with Gasteiger partial charge in [-0.25, -0.2) is 9.68 Å². The summed E-state index contributed by atoms with van der Waals surface area (Å²) in [5, 5.41) is 21.6. The van der Waals surface area contributed by atoms with Gasteiger partial charge in [-0.15, -0.1) is 0 Å². The quantitative estimate of drug-likeness (QED) is 0.594. The van der Waals surface area contributed by atoms with Crippen molar-refractivity contribution in [1.29, 1.82) is 0 Å². The van der Waals surface area contributed by atoms with Gasteiger partial charge in [0.2, 0.25) is 0 Å². The third-order valence-corrected chi connectivity index (χ3v) is 3.53. The van der Waals surface area contributed by atoms with Crippen molar-refractivity contribution in [3.63, 3.8) is 0 Å². The van der Waals surface area contributed by atoms with Crippen molar-refractivity contribution in [3.8, 4) is 5.75 Å². The minimum Gasteiger partial charge on any atom is -0.495 e. The van der Waals surface area contributed by atoms with Gasteiger partial charge in [0, 0.05) is 11.1 Å². The molecule has 0 radical (unpaired) electrons. The van der Waals surface area contributed by atoms with Gasteiger partial charge in [0.1, 0.15) is 11.9 Å². The van der Waals surface area contributed by atoms with Crippen LogP contribution < -0.4 is 10.1 Å². The van der Waals surface area contributed by atoms with Gasteiger partial charge in [0.25, 0.3) is 0 Å². The fourth-order valence-electron chi connectivity index (χ4n) is 2.58. The average Bonchev–Trinajstić information content (AvgIpc) is 2.51. The largest absolute Gasteiger partial charge is 0.495 e. The molecule has 0 fully saturated rings. The van der Waals surface area contributed by atoms with Gasteiger partial charge in [-0.2, -0.15) is 0 Å². The van der Waals surface area contributed by atoms with Crippen molar-refractivity contribution in [1.82, 2.24) is 0 Å². The summed E-state index contributed by atoms with van der Waals surface area (Å²) in [6.45, 7) is 0. The summed E-state index contributed by atoms with van der Waals surface area (Å²) in [5.74, 6) is -0.519. The smallest absolute Gasteiger partial charge is 0.337 e. The van der Waals surface area contributed by atoms with E-state index in [2.05, 4.69) is 10.2 Å². The molecule has 3 N–H and O–H groups in total. The molecule has 0 aliphatic carbocycles. The number of aromatic carboxylic acids is 1. The zero-order valence-electron chi connectivity index (χ0n) is 11.2. The first kappa shape index (κ1) is 13.4. The zero-order valence-corrected chi connectivity index (χ0v) is 11.2. The second kappa shape index (κ2) is 5.08. The molecular formula is C15H13NO5. The summed E-state index contributed by atoms with van der Waals surface area (Å²) in [7, 11) is 1.52. The summed E-state index contributed by atoms with van der Waals surface area (Å²) in [4.78, 5) is 15.9. The Bertz CT molecular complexity index is 713. The van der Waals surface area contributed by atoms with E-state index in [0.717, 1.165) is 0 Å². The van der Waals surface area contributed by atoms with Crippen molar-refractivity contribution < 1.29 is 24.8 Å². The maximum Gasteiger partial charge on any atom is 0.337 e. The number of nitrogens with one attached hydrogen (secondary N) is 1. The molecule has 1 aliphatic heterocycles. The van der Waals surface area contributed by atoms with Crippen LogP contribution in [0.25, 0.3) is 0 Å². The molecule has 0 saturated heterocycles. The monoisotopic (exact) mass is 287 g/mol. The van der Waals surface area contributed by atoms with Gasteiger partial charge in [0.05, 0.1) is 24.0 Å². The topological polar surface area (TPSA) is 88.0 Å². The van der Waals surface area contributed by atoms with Crippen LogP contribution in [0.2, 0.25) is 0 Å². The highest BCUT2D eigenvalue weighted by molar-refractivity contribution is 5.97. The minimum atomic E-state index is -1.06. The SMILES string of the molecule is COc1cccc2c1Nc1c(C(=O)O)cccc1C2OO.